The summed E-state index contributed by atoms with van der Waals surface area (Å²) in [6.07, 6.45) is 1.76. The third-order valence-electron chi connectivity index (χ3n) is 5.41. The first-order chi connectivity index (χ1) is 18.1. The van der Waals surface area contributed by atoms with Gasteiger partial charge in [0.1, 0.15) is 0 Å². The molecule has 0 bridgehead atoms. The van der Waals surface area contributed by atoms with Crippen LogP contribution in [0.1, 0.15) is 85.1 Å². The summed E-state index contributed by atoms with van der Waals surface area (Å²) in [6.45, 7) is 9.52. The number of carbonyl (C=O) groups is 4. The quantitative estimate of drug-likeness (QED) is 0.0865. The molecule has 0 aliphatic heterocycles. The molecule has 11 nitrogen and oxygen atoms in total. The van der Waals surface area contributed by atoms with E-state index >= 15 is 0 Å². The van der Waals surface area contributed by atoms with E-state index in [0.29, 0.717) is 31.2 Å². The van der Waals surface area contributed by atoms with Gasteiger partial charge >= 0.3 is 24.2 Å². The summed E-state index contributed by atoms with van der Waals surface area (Å²) in [5.74, 6) is -2.34. The molecule has 0 saturated heterocycles. The molecule has 38 heavy (non-hydrogen) atoms. The Hall–Kier alpha value is -3.34. The van der Waals surface area contributed by atoms with Crippen LogP contribution in [0, 0.1) is 0 Å². The van der Waals surface area contributed by atoms with Crippen LogP contribution in [-0.4, -0.2) is 54.3 Å². The lowest BCUT2D eigenvalue weighted by Crippen LogP contribution is -2.59. The number of benzene rings is 1. The number of hydrogen-bond acceptors (Lipinski definition) is 10. The maximum absolute atomic E-state index is 12.6. The number of aliphatic carboxylic acids is 1. The van der Waals surface area contributed by atoms with Gasteiger partial charge in [-0.1, -0.05) is 46.6 Å². The van der Waals surface area contributed by atoms with Crippen molar-refractivity contribution in [1.82, 2.24) is 5.32 Å². The summed E-state index contributed by atoms with van der Waals surface area (Å²) in [6, 6.07) is 3.85. The fourth-order valence-corrected chi connectivity index (χ4v) is 3.29. The van der Waals surface area contributed by atoms with Gasteiger partial charge in [-0.15, -0.1) is 0 Å². The fraction of sp³-hybridized carbons (Fsp3) is 0.630. The molecule has 214 valence electrons. The number of ether oxygens (including phenoxy) is 5. The summed E-state index contributed by atoms with van der Waals surface area (Å²) in [4.78, 5) is 49.3. The minimum Gasteiger partial charge on any atom is -0.477 e. The van der Waals surface area contributed by atoms with E-state index in [1.165, 1.54) is 18.2 Å². The van der Waals surface area contributed by atoms with Crippen LogP contribution in [0.3, 0.4) is 0 Å². The van der Waals surface area contributed by atoms with E-state index in [-0.39, 0.29) is 43.6 Å². The van der Waals surface area contributed by atoms with E-state index in [9.17, 15) is 24.3 Å². The Bertz CT molecular complexity index is 919. The Morgan fingerprint density at radius 1 is 0.895 bits per heavy atom. The number of carboxylic acid groups (broad SMARTS) is 1. The van der Waals surface area contributed by atoms with E-state index in [0.717, 1.165) is 12.8 Å². The largest absolute Gasteiger partial charge is 0.513 e. The summed E-state index contributed by atoms with van der Waals surface area (Å²) >= 11 is 0. The molecular weight excluding hydrogens is 498 g/mol. The van der Waals surface area contributed by atoms with Crippen LogP contribution in [0.15, 0.2) is 18.2 Å². The minimum atomic E-state index is -2.08. The van der Waals surface area contributed by atoms with Crippen molar-refractivity contribution in [2.24, 2.45) is 0 Å². The van der Waals surface area contributed by atoms with E-state index in [4.69, 9.17) is 23.7 Å². The van der Waals surface area contributed by atoms with E-state index in [1.807, 2.05) is 27.7 Å². The predicted octanol–water partition coefficient (Wildman–Crippen LogP) is 5.37. The monoisotopic (exact) mass is 539 g/mol. The lowest BCUT2D eigenvalue weighted by Gasteiger charge is -2.33. The Kier molecular flexibility index (Phi) is 14.8. The van der Waals surface area contributed by atoms with Crippen molar-refractivity contribution >= 4 is 24.2 Å². The van der Waals surface area contributed by atoms with Gasteiger partial charge in [-0.05, 0) is 50.3 Å². The SMILES string of the molecule is CCCCCC(=O)O[C@](Cc1ccc(OC(=O)OCCC)c(OC(=O)OCCC)c1)(NC(C)CC)C(=O)O. The number of rotatable bonds is 17. The molecule has 11 heteroatoms. The molecule has 0 heterocycles. The highest BCUT2D eigenvalue weighted by atomic mass is 16.7. The normalized spacial score (nSPS) is 13.1. The lowest BCUT2D eigenvalue weighted by molar-refractivity contribution is -0.184. The van der Waals surface area contributed by atoms with Crippen LogP contribution >= 0.6 is 0 Å². The number of esters is 1. The highest BCUT2D eigenvalue weighted by Gasteiger charge is 2.44. The molecule has 1 aromatic rings. The Morgan fingerprint density at radius 3 is 2.03 bits per heavy atom. The average Bonchev–Trinajstić information content (AvgIpc) is 2.87. The molecule has 2 N–H and O–H groups in total. The molecule has 0 aromatic heterocycles. The maximum Gasteiger partial charge on any atom is 0.513 e. The topological polar surface area (TPSA) is 147 Å². The minimum absolute atomic E-state index is 0.0787. The Balaban J connectivity index is 3.36. The van der Waals surface area contributed by atoms with E-state index < -0.39 is 30.0 Å². The molecule has 0 radical (unpaired) electrons. The third kappa shape index (κ3) is 11.4. The van der Waals surface area contributed by atoms with Crippen molar-refractivity contribution in [3.8, 4) is 11.5 Å². The molecule has 0 fully saturated rings. The first kappa shape index (κ1) is 32.7. The van der Waals surface area contributed by atoms with Crippen molar-refractivity contribution in [2.75, 3.05) is 13.2 Å². The van der Waals surface area contributed by atoms with Gasteiger partial charge in [0.15, 0.2) is 11.5 Å². The van der Waals surface area contributed by atoms with Crippen molar-refractivity contribution in [1.29, 1.82) is 0 Å². The van der Waals surface area contributed by atoms with Gasteiger partial charge < -0.3 is 28.8 Å². The summed E-state index contributed by atoms with van der Waals surface area (Å²) in [7, 11) is 0. The molecule has 0 amide bonds. The van der Waals surface area contributed by atoms with Gasteiger partial charge in [0.2, 0.25) is 0 Å². The fourth-order valence-electron chi connectivity index (χ4n) is 3.29. The second-order valence-corrected chi connectivity index (χ2v) is 8.88. The number of carboxylic acids is 1. The molecule has 1 rings (SSSR count). The van der Waals surface area contributed by atoms with Crippen LogP contribution in [0.25, 0.3) is 0 Å². The van der Waals surface area contributed by atoms with Crippen LogP contribution in [0.5, 0.6) is 11.5 Å². The van der Waals surface area contributed by atoms with Gasteiger partial charge in [0.05, 0.1) is 13.2 Å². The highest BCUT2D eigenvalue weighted by molar-refractivity contribution is 5.82. The second-order valence-electron chi connectivity index (χ2n) is 8.88. The van der Waals surface area contributed by atoms with Gasteiger partial charge in [0, 0.05) is 18.9 Å². The van der Waals surface area contributed by atoms with Crippen LogP contribution in [0.4, 0.5) is 9.59 Å². The number of nitrogens with one attached hydrogen (secondary N) is 1. The number of unbranched alkanes of at least 4 members (excludes halogenated alkanes) is 2. The zero-order valence-corrected chi connectivity index (χ0v) is 23.0. The lowest BCUT2D eigenvalue weighted by atomic mass is 10.00. The number of hydrogen-bond donors (Lipinski definition) is 2. The summed E-state index contributed by atoms with van der Waals surface area (Å²) in [5, 5.41) is 13.1. The maximum atomic E-state index is 12.6. The zero-order valence-electron chi connectivity index (χ0n) is 23.0. The van der Waals surface area contributed by atoms with Crippen LogP contribution in [-0.2, 0) is 30.2 Å². The van der Waals surface area contributed by atoms with Crippen molar-refractivity contribution < 1.29 is 48.0 Å². The van der Waals surface area contributed by atoms with Gasteiger partial charge in [0.25, 0.3) is 5.72 Å². The van der Waals surface area contributed by atoms with E-state index in [2.05, 4.69) is 5.32 Å². The smallest absolute Gasteiger partial charge is 0.477 e. The standard InChI is InChI=1S/C27H41NO10/c1-6-10-11-12-23(29)38-27(24(30)31,28-19(5)9-4)18-20-13-14-21(36-25(32)34-15-7-2)22(17-20)37-26(33)35-16-8-3/h13-14,17,19,28H,6-12,15-16,18H2,1-5H3,(H,30,31)/t19?,27-/m0/s1. The van der Waals surface area contributed by atoms with Crippen LogP contribution in [0.2, 0.25) is 0 Å². The second kappa shape index (κ2) is 17.2. The number of carbonyl (C=O) groups excluding carboxylic acids is 3. The highest BCUT2D eigenvalue weighted by Crippen LogP contribution is 2.31. The van der Waals surface area contributed by atoms with Crippen molar-refractivity contribution in [3.05, 3.63) is 23.8 Å². The van der Waals surface area contributed by atoms with Crippen molar-refractivity contribution in [3.63, 3.8) is 0 Å². The Labute approximate surface area is 224 Å². The van der Waals surface area contributed by atoms with Gasteiger partial charge in [-0.25, -0.2) is 14.4 Å². The van der Waals surface area contributed by atoms with E-state index in [1.54, 1.807) is 6.92 Å². The molecule has 0 aliphatic rings. The predicted molar refractivity (Wildman–Crippen MR) is 138 cm³/mol. The van der Waals surface area contributed by atoms with Gasteiger partial charge in [-0.3, -0.25) is 10.1 Å². The summed E-state index contributed by atoms with van der Waals surface area (Å²) in [5.41, 5.74) is -1.75. The average molecular weight is 540 g/mol. The van der Waals surface area contributed by atoms with Crippen LogP contribution < -0.4 is 14.8 Å². The molecular formula is C27H41NO10. The molecule has 0 aliphatic carbocycles. The molecule has 1 unspecified atom stereocenters. The first-order valence-corrected chi connectivity index (χ1v) is 13.2. The molecule has 0 saturated carbocycles. The van der Waals surface area contributed by atoms with Crippen molar-refractivity contribution in [2.45, 2.75) is 97.8 Å². The van der Waals surface area contributed by atoms with Gasteiger partial charge in [-0.2, -0.15) is 0 Å². The molecule has 0 spiro atoms. The molecule has 1 aromatic carbocycles. The summed E-state index contributed by atoms with van der Waals surface area (Å²) < 4.78 is 25.9. The zero-order chi connectivity index (χ0) is 28.6. The molecule has 2 atom stereocenters. The Morgan fingerprint density at radius 2 is 1.50 bits per heavy atom. The first-order valence-electron chi connectivity index (χ1n) is 13.2. The third-order valence-corrected chi connectivity index (χ3v) is 5.41.